The molecule has 186 valence electrons. The SMILES string of the molecule is COc1ccccc1N1C[C@@H](c2nc3ccccc3n2CCCCOc2cc(C)ccc2C)CC1=O. The lowest BCUT2D eigenvalue weighted by Crippen LogP contribution is -2.25. The number of hydrogen-bond acceptors (Lipinski definition) is 4. The summed E-state index contributed by atoms with van der Waals surface area (Å²) in [6.07, 6.45) is 2.35. The van der Waals surface area contributed by atoms with Gasteiger partial charge in [-0.2, -0.15) is 0 Å². The highest BCUT2D eigenvalue weighted by atomic mass is 16.5. The van der Waals surface area contributed by atoms with E-state index in [4.69, 9.17) is 14.5 Å². The van der Waals surface area contributed by atoms with Crippen molar-refractivity contribution in [3.8, 4) is 11.5 Å². The second kappa shape index (κ2) is 10.4. The predicted octanol–water partition coefficient (Wildman–Crippen LogP) is 6.04. The summed E-state index contributed by atoms with van der Waals surface area (Å²) in [5.74, 6) is 2.79. The fourth-order valence-electron chi connectivity index (χ4n) is 5.02. The number of fused-ring (bicyclic) bond motifs is 1. The number of para-hydroxylation sites is 4. The molecule has 0 bridgehead atoms. The molecule has 6 nitrogen and oxygen atoms in total. The van der Waals surface area contributed by atoms with Gasteiger partial charge >= 0.3 is 0 Å². The van der Waals surface area contributed by atoms with Gasteiger partial charge in [0.25, 0.3) is 0 Å². The number of ether oxygens (including phenoxy) is 2. The summed E-state index contributed by atoms with van der Waals surface area (Å²) in [6.45, 7) is 6.27. The molecule has 1 amide bonds. The maximum atomic E-state index is 13.1. The average molecular weight is 484 g/mol. The number of carbonyl (C=O) groups excluding carboxylic acids is 1. The molecular formula is C30H33N3O3. The topological polar surface area (TPSA) is 56.6 Å². The molecule has 3 aromatic carbocycles. The smallest absolute Gasteiger partial charge is 0.227 e. The van der Waals surface area contributed by atoms with E-state index >= 15 is 0 Å². The molecule has 36 heavy (non-hydrogen) atoms. The van der Waals surface area contributed by atoms with Crippen LogP contribution in [0, 0.1) is 13.8 Å². The Balaban J connectivity index is 1.31. The zero-order valence-corrected chi connectivity index (χ0v) is 21.2. The van der Waals surface area contributed by atoms with Gasteiger partial charge in [-0.3, -0.25) is 4.79 Å². The Morgan fingerprint density at radius 2 is 1.78 bits per heavy atom. The van der Waals surface area contributed by atoms with Crippen LogP contribution in [-0.2, 0) is 11.3 Å². The van der Waals surface area contributed by atoms with Crippen LogP contribution in [0.1, 0.15) is 42.1 Å². The monoisotopic (exact) mass is 483 g/mol. The van der Waals surface area contributed by atoms with Crippen molar-refractivity contribution in [1.82, 2.24) is 9.55 Å². The Hall–Kier alpha value is -3.80. The van der Waals surface area contributed by atoms with Gasteiger partial charge in [-0.1, -0.05) is 36.4 Å². The fourth-order valence-corrected chi connectivity index (χ4v) is 5.02. The molecule has 2 heterocycles. The minimum Gasteiger partial charge on any atom is -0.495 e. The third-order valence-corrected chi connectivity index (χ3v) is 6.93. The standard InChI is InChI=1S/C30H33N3O3/c1-21-14-15-22(2)28(18-21)36-17-9-8-16-32-25-11-5-4-10-24(25)31-30(32)23-19-29(34)33(20-23)26-12-6-7-13-27(26)35-3/h4-7,10-15,18,23H,8-9,16-17,19-20H2,1-3H3/t23-/m0/s1. The zero-order valence-electron chi connectivity index (χ0n) is 21.2. The first-order chi connectivity index (χ1) is 17.5. The maximum absolute atomic E-state index is 13.1. The van der Waals surface area contributed by atoms with E-state index in [-0.39, 0.29) is 11.8 Å². The summed E-state index contributed by atoms with van der Waals surface area (Å²) < 4.78 is 13.9. The van der Waals surface area contributed by atoms with Crippen LogP contribution in [0.4, 0.5) is 5.69 Å². The fraction of sp³-hybridized carbons (Fsp3) is 0.333. The van der Waals surface area contributed by atoms with Crippen LogP contribution in [-0.4, -0.2) is 35.7 Å². The first-order valence-corrected chi connectivity index (χ1v) is 12.6. The summed E-state index contributed by atoms with van der Waals surface area (Å²) in [5, 5.41) is 0. The minimum atomic E-state index is 0.0287. The normalized spacial score (nSPS) is 15.6. The number of methoxy groups -OCH3 is 1. The van der Waals surface area contributed by atoms with Crippen molar-refractivity contribution in [2.45, 2.75) is 45.6 Å². The molecule has 6 heteroatoms. The highest BCUT2D eigenvalue weighted by molar-refractivity contribution is 5.97. The van der Waals surface area contributed by atoms with Gasteiger partial charge in [-0.25, -0.2) is 4.98 Å². The van der Waals surface area contributed by atoms with Crippen LogP contribution in [0.25, 0.3) is 11.0 Å². The van der Waals surface area contributed by atoms with Crippen LogP contribution in [0.3, 0.4) is 0 Å². The number of unbranched alkanes of at least 4 members (excludes halogenated alkanes) is 1. The number of aryl methyl sites for hydroxylation is 3. The Morgan fingerprint density at radius 3 is 2.64 bits per heavy atom. The Kier molecular flexibility index (Phi) is 6.94. The number of imidazole rings is 1. The van der Waals surface area contributed by atoms with Gasteiger partial charge in [0.2, 0.25) is 5.91 Å². The van der Waals surface area contributed by atoms with Crippen molar-refractivity contribution in [1.29, 1.82) is 0 Å². The summed E-state index contributed by atoms with van der Waals surface area (Å²) in [4.78, 5) is 19.9. The molecule has 0 aliphatic carbocycles. The average Bonchev–Trinajstić information content (AvgIpc) is 3.46. The predicted molar refractivity (Wildman–Crippen MR) is 143 cm³/mol. The van der Waals surface area contributed by atoms with E-state index in [9.17, 15) is 4.79 Å². The van der Waals surface area contributed by atoms with Gasteiger partial charge in [0.15, 0.2) is 0 Å². The van der Waals surface area contributed by atoms with Crippen LogP contribution in [0.2, 0.25) is 0 Å². The molecular weight excluding hydrogens is 450 g/mol. The number of benzene rings is 3. The van der Waals surface area contributed by atoms with Crippen LogP contribution in [0.5, 0.6) is 11.5 Å². The zero-order chi connectivity index (χ0) is 25.1. The van der Waals surface area contributed by atoms with E-state index < -0.39 is 0 Å². The first-order valence-electron chi connectivity index (χ1n) is 12.6. The Labute approximate surface area is 212 Å². The molecule has 1 saturated heterocycles. The van der Waals surface area contributed by atoms with Crippen molar-refractivity contribution in [2.24, 2.45) is 0 Å². The van der Waals surface area contributed by atoms with E-state index in [1.807, 2.05) is 41.3 Å². The third-order valence-electron chi connectivity index (χ3n) is 6.93. The van der Waals surface area contributed by atoms with Crippen molar-refractivity contribution in [2.75, 3.05) is 25.2 Å². The Morgan fingerprint density at radius 1 is 0.972 bits per heavy atom. The number of rotatable bonds is 9. The van der Waals surface area contributed by atoms with Gasteiger partial charge in [-0.05, 0) is 68.1 Å². The number of nitrogens with zero attached hydrogens (tertiary/aromatic N) is 3. The number of carbonyl (C=O) groups is 1. The molecule has 5 rings (SSSR count). The lowest BCUT2D eigenvalue weighted by atomic mass is 10.1. The summed E-state index contributed by atoms with van der Waals surface area (Å²) in [7, 11) is 1.64. The number of aromatic nitrogens is 2. The van der Waals surface area contributed by atoms with Gasteiger partial charge in [0.1, 0.15) is 17.3 Å². The molecule has 0 saturated carbocycles. The van der Waals surface area contributed by atoms with Gasteiger partial charge in [0, 0.05) is 25.4 Å². The molecule has 1 fully saturated rings. The largest absolute Gasteiger partial charge is 0.495 e. The molecule has 4 aromatic rings. The van der Waals surface area contributed by atoms with E-state index in [0.717, 1.165) is 53.2 Å². The first kappa shape index (κ1) is 23.9. The van der Waals surface area contributed by atoms with Crippen molar-refractivity contribution in [3.05, 3.63) is 83.7 Å². The second-order valence-electron chi connectivity index (χ2n) is 9.51. The second-order valence-corrected chi connectivity index (χ2v) is 9.51. The number of amides is 1. The molecule has 0 spiro atoms. The Bertz CT molecular complexity index is 1380. The summed E-state index contributed by atoms with van der Waals surface area (Å²) in [5.41, 5.74) is 5.28. The molecule has 0 radical (unpaired) electrons. The van der Waals surface area contributed by atoms with Crippen LogP contribution >= 0.6 is 0 Å². The summed E-state index contributed by atoms with van der Waals surface area (Å²) in [6, 6.07) is 22.2. The molecule has 1 aliphatic heterocycles. The third kappa shape index (κ3) is 4.81. The van der Waals surface area contributed by atoms with Crippen molar-refractivity contribution >= 4 is 22.6 Å². The highest BCUT2D eigenvalue weighted by Gasteiger charge is 2.35. The van der Waals surface area contributed by atoms with E-state index in [1.54, 1.807) is 7.11 Å². The van der Waals surface area contributed by atoms with E-state index in [0.29, 0.717) is 25.3 Å². The number of hydrogen-bond donors (Lipinski definition) is 0. The highest BCUT2D eigenvalue weighted by Crippen LogP contribution is 2.37. The van der Waals surface area contributed by atoms with Crippen molar-refractivity contribution in [3.63, 3.8) is 0 Å². The van der Waals surface area contributed by atoms with Crippen LogP contribution in [0.15, 0.2) is 66.7 Å². The summed E-state index contributed by atoms with van der Waals surface area (Å²) >= 11 is 0. The maximum Gasteiger partial charge on any atom is 0.227 e. The molecule has 0 N–H and O–H groups in total. The lowest BCUT2D eigenvalue weighted by Gasteiger charge is -2.20. The van der Waals surface area contributed by atoms with E-state index in [2.05, 4.69) is 48.7 Å². The quantitative estimate of drug-likeness (QED) is 0.272. The van der Waals surface area contributed by atoms with Gasteiger partial charge in [0.05, 0.1) is 30.4 Å². The molecule has 1 aliphatic rings. The van der Waals surface area contributed by atoms with Crippen molar-refractivity contribution < 1.29 is 14.3 Å². The lowest BCUT2D eigenvalue weighted by molar-refractivity contribution is -0.117. The van der Waals surface area contributed by atoms with Gasteiger partial charge < -0.3 is 18.9 Å². The van der Waals surface area contributed by atoms with Crippen LogP contribution < -0.4 is 14.4 Å². The minimum absolute atomic E-state index is 0.0287. The van der Waals surface area contributed by atoms with Gasteiger partial charge in [-0.15, -0.1) is 0 Å². The molecule has 0 unspecified atom stereocenters. The number of anilines is 1. The molecule has 1 aromatic heterocycles. The molecule has 1 atom stereocenters. The van der Waals surface area contributed by atoms with E-state index in [1.165, 1.54) is 5.56 Å².